The Morgan fingerprint density at radius 2 is 1.88 bits per heavy atom. The summed E-state index contributed by atoms with van der Waals surface area (Å²) in [5.41, 5.74) is 0. The summed E-state index contributed by atoms with van der Waals surface area (Å²) >= 11 is 0. The normalized spacial score (nSPS) is 11.5. The Hall–Kier alpha value is -0.710. The number of ether oxygens (including phenoxy) is 1. The zero-order valence-corrected chi connectivity index (χ0v) is 9.42. The molecule has 0 heterocycles. The molecule has 4 nitrogen and oxygen atoms in total. The van der Waals surface area contributed by atoms with E-state index >= 15 is 0 Å². The summed E-state index contributed by atoms with van der Waals surface area (Å²) in [5, 5.41) is 2.80. The third-order valence-corrected chi connectivity index (χ3v) is 2.06. The summed E-state index contributed by atoms with van der Waals surface area (Å²) < 4.78 is 5.04. The Bertz CT molecular complexity index is 354. The number of hydrogen-bond acceptors (Lipinski definition) is 4. The Morgan fingerprint density at radius 3 is 2.35 bits per heavy atom. The molecular formula is C12H16NNaO3. The van der Waals surface area contributed by atoms with E-state index < -0.39 is 12.0 Å². The molecule has 0 amide bonds. The summed E-state index contributed by atoms with van der Waals surface area (Å²) in [6.07, 6.45) is 0.412. The van der Waals surface area contributed by atoms with Gasteiger partial charge in [0.2, 0.25) is 0 Å². The summed E-state index contributed by atoms with van der Waals surface area (Å²) in [5.74, 6) is 0.0748. The molecule has 1 atom stereocenters. The van der Waals surface area contributed by atoms with Crippen LogP contribution in [-0.4, -0.2) is 41.6 Å². The van der Waals surface area contributed by atoms with Crippen molar-refractivity contribution in [1.29, 1.82) is 0 Å². The van der Waals surface area contributed by atoms with Crippen LogP contribution in [0.1, 0.15) is 20.3 Å². The third-order valence-electron chi connectivity index (χ3n) is 2.06. The first-order valence-corrected chi connectivity index (χ1v) is 5.22. The molecule has 88 valence electrons. The van der Waals surface area contributed by atoms with Crippen LogP contribution in [0.2, 0.25) is 0 Å². The average molecular weight is 245 g/mol. The van der Waals surface area contributed by atoms with Crippen LogP contribution in [0.3, 0.4) is 0 Å². The Kier molecular flexibility index (Phi) is 8.04. The number of carbonyl (C=O) groups is 1. The molecular weight excluding hydrogens is 229 g/mol. The molecule has 0 aromatic heterocycles. The van der Waals surface area contributed by atoms with Gasteiger partial charge in [-0.1, -0.05) is 37.2 Å². The van der Waals surface area contributed by atoms with Crippen LogP contribution in [-0.2, 0) is 4.79 Å². The van der Waals surface area contributed by atoms with Gasteiger partial charge in [-0.3, -0.25) is 0 Å². The number of benzene rings is 1. The predicted octanol–water partition coefficient (Wildman–Crippen LogP) is 2.12. The maximum atomic E-state index is 11.6. The molecule has 0 N–H and O–H groups in total. The van der Waals surface area contributed by atoms with E-state index in [-0.39, 0.29) is 35.5 Å². The number of nitroso groups, excluding NO2 is 1. The van der Waals surface area contributed by atoms with Crippen molar-refractivity contribution < 1.29 is 9.53 Å². The molecule has 0 fully saturated rings. The van der Waals surface area contributed by atoms with Crippen molar-refractivity contribution in [3.05, 3.63) is 35.2 Å². The first-order chi connectivity index (χ1) is 7.63. The number of carbonyl (C=O) groups excluding carboxylic acids is 1. The van der Waals surface area contributed by atoms with E-state index in [0.717, 1.165) is 0 Å². The minimum absolute atomic E-state index is 0. The van der Waals surface area contributed by atoms with Gasteiger partial charge in [-0.2, -0.15) is 0 Å². The van der Waals surface area contributed by atoms with Crippen LogP contribution in [0.4, 0.5) is 0 Å². The van der Waals surface area contributed by atoms with Crippen molar-refractivity contribution in [2.45, 2.75) is 26.3 Å². The van der Waals surface area contributed by atoms with Gasteiger partial charge in [0.05, 0.1) is 0 Å². The molecule has 0 spiro atoms. The molecule has 5 heteroatoms. The van der Waals surface area contributed by atoms with E-state index in [1.807, 2.05) is 19.9 Å². The van der Waals surface area contributed by atoms with Crippen molar-refractivity contribution in [2.24, 2.45) is 11.1 Å². The molecule has 0 unspecified atom stereocenters. The molecule has 0 aliphatic heterocycles. The van der Waals surface area contributed by atoms with Crippen molar-refractivity contribution in [3.63, 3.8) is 0 Å². The van der Waals surface area contributed by atoms with Crippen LogP contribution in [0.25, 0.3) is 0 Å². The molecule has 0 aliphatic carbocycles. The number of para-hydroxylation sites is 1. The third kappa shape index (κ3) is 5.96. The van der Waals surface area contributed by atoms with Crippen molar-refractivity contribution >= 4 is 35.5 Å². The van der Waals surface area contributed by atoms with E-state index in [1.165, 1.54) is 0 Å². The van der Waals surface area contributed by atoms with Crippen LogP contribution < -0.4 is 4.74 Å². The second-order valence-corrected chi connectivity index (χ2v) is 3.98. The van der Waals surface area contributed by atoms with Gasteiger partial charge in [0.15, 0.2) is 6.04 Å². The van der Waals surface area contributed by atoms with Gasteiger partial charge in [0.25, 0.3) is 0 Å². The standard InChI is InChI=1S/C12H15NO3.Na.H/c1-9(2)8-11(13-15)12(14)16-10-6-4-3-5-7-10;;/h3-7,9,11H,8H2,1-2H3;;/t11-;;/m0../s1. The van der Waals surface area contributed by atoms with E-state index in [2.05, 4.69) is 5.18 Å². The summed E-state index contributed by atoms with van der Waals surface area (Å²) in [4.78, 5) is 22.1. The van der Waals surface area contributed by atoms with Crippen LogP contribution >= 0.6 is 0 Å². The SMILES string of the molecule is CC(C)C[C@H](N=O)C(=O)Oc1ccccc1.[NaH]. The molecule has 0 bridgehead atoms. The van der Waals surface area contributed by atoms with Crippen molar-refractivity contribution in [2.75, 3.05) is 0 Å². The first kappa shape index (κ1) is 16.3. The predicted molar refractivity (Wildman–Crippen MR) is 68.3 cm³/mol. The van der Waals surface area contributed by atoms with Gasteiger partial charge in [-0.05, 0) is 24.5 Å². The monoisotopic (exact) mass is 245 g/mol. The summed E-state index contributed by atoms with van der Waals surface area (Å²) in [7, 11) is 0. The Morgan fingerprint density at radius 1 is 1.29 bits per heavy atom. The van der Waals surface area contributed by atoms with E-state index in [4.69, 9.17) is 4.74 Å². The number of hydrogen-bond donors (Lipinski definition) is 0. The van der Waals surface area contributed by atoms with Crippen molar-refractivity contribution in [3.8, 4) is 5.75 Å². The molecule has 1 aromatic carbocycles. The van der Waals surface area contributed by atoms with Crippen molar-refractivity contribution in [1.82, 2.24) is 0 Å². The molecule has 1 rings (SSSR count). The molecule has 0 saturated carbocycles. The molecule has 0 aliphatic rings. The molecule has 0 saturated heterocycles. The Balaban J connectivity index is 0.00000256. The number of rotatable bonds is 5. The van der Waals surface area contributed by atoms with Gasteiger partial charge in [-0.25, -0.2) is 4.79 Å². The van der Waals surface area contributed by atoms with E-state index in [0.29, 0.717) is 12.2 Å². The fourth-order valence-electron chi connectivity index (χ4n) is 1.30. The van der Waals surface area contributed by atoms with Gasteiger partial charge >= 0.3 is 35.5 Å². The summed E-state index contributed by atoms with van der Waals surface area (Å²) in [6, 6.07) is 7.74. The summed E-state index contributed by atoms with van der Waals surface area (Å²) in [6.45, 7) is 3.85. The van der Waals surface area contributed by atoms with Crippen LogP contribution in [0, 0.1) is 10.8 Å². The minimum atomic E-state index is -0.916. The van der Waals surface area contributed by atoms with E-state index in [1.54, 1.807) is 24.3 Å². The second-order valence-electron chi connectivity index (χ2n) is 3.98. The second kappa shape index (κ2) is 8.39. The molecule has 0 radical (unpaired) electrons. The van der Waals surface area contributed by atoms with Crippen LogP contribution in [0.5, 0.6) is 5.75 Å². The zero-order valence-electron chi connectivity index (χ0n) is 9.42. The fourth-order valence-corrected chi connectivity index (χ4v) is 1.30. The van der Waals surface area contributed by atoms with Gasteiger partial charge < -0.3 is 4.74 Å². The topological polar surface area (TPSA) is 55.7 Å². The fraction of sp³-hybridized carbons (Fsp3) is 0.417. The van der Waals surface area contributed by atoms with Gasteiger partial charge in [0, 0.05) is 0 Å². The van der Waals surface area contributed by atoms with E-state index in [9.17, 15) is 9.70 Å². The van der Waals surface area contributed by atoms with Crippen LogP contribution in [0.15, 0.2) is 35.5 Å². The average Bonchev–Trinajstić information content (AvgIpc) is 2.26. The maximum absolute atomic E-state index is 11.6. The first-order valence-electron chi connectivity index (χ1n) is 5.22. The quantitative estimate of drug-likeness (QED) is 0.345. The molecule has 1 aromatic rings. The molecule has 17 heavy (non-hydrogen) atoms. The Labute approximate surface area is 123 Å². The number of esters is 1. The van der Waals surface area contributed by atoms with Gasteiger partial charge in [-0.15, -0.1) is 4.91 Å². The number of nitrogens with zero attached hydrogens (tertiary/aromatic N) is 1. The van der Waals surface area contributed by atoms with Gasteiger partial charge in [0.1, 0.15) is 5.75 Å². The zero-order chi connectivity index (χ0) is 12.0.